The number of urea groups is 1. The van der Waals surface area contributed by atoms with Crippen LogP contribution in [0.1, 0.15) is 13.3 Å². The Balaban J connectivity index is 2.25. The Morgan fingerprint density at radius 2 is 2.25 bits per heavy atom. The highest BCUT2D eigenvalue weighted by molar-refractivity contribution is 5.74. The molecule has 0 bridgehead atoms. The van der Waals surface area contributed by atoms with Gasteiger partial charge in [0.05, 0.1) is 0 Å². The number of nitrogens with one attached hydrogen (secondary N) is 1. The van der Waals surface area contributed by atoms with Gasteiger partial charge >= 0.3 is 6.03 Å². The molecule has 0 radical (unpaired) electrons. The number of carbonyl (C=O) groups is 1. The highest BCUT2D eigenvalue weighted by atomic mass is 16.5. The van der Waals surface area contributed by atoms with Crippen molar-refractivity contribution in [2.75, 3.05) is 46.9 Å². The molecule has 0 aromatic heterocycles. The van der Waals surface area contributed by atoms with Crippen LogP contribution in [0.15, 0.2) is 0 Å². The molecule has 1 fully saturated rings. The minimum Gasteiger partial charge on any atom is -0.385 e. The maximum atomic E-state index is 11.8. The van der Waals surface area contributed by atoms with Crippen LogP contribution in [0.5, 0.6) is 0 Å². The van der Waals surface area contributed by atoms with E-state index in [1.807, 2.05) is 4.90 Å². The number of hydrogen-bond acceptors (Lipinski definition) is 3. The van der Waals surface area contributed by atoms with E-state index < -0.39 is 0 Å². The van der Waals surface area contributed by atoms with Crippen molar-refractivity contribution >= 4 is 6.03 Å². The summed E-state index contributed by atoms with van der Waals surface area (Å²) in [7, 11) is 3.76. The van der Waals surface area contributed by atoms with Crippen LogP contribution in [-0.4, -0.2) is 68.8 Å². The highest BCUT2D eigenvalue weighted by Gasteiger charge is 2.25. The predicted molar refractivity (Wildman–Crippen MR) is 63.6 cm³/mol. The molecule has 0 saturated carbocycles. The number of rotatable bonds is 4. The van der Waals surface area contributed by atoms with Crippen LogP contribution in [0.3, 0.4) is 0 Å². The molecule has 16 heavy (non-hydrogen) atoms. The number of nitrogens with zero attached hydrogens (tertiary/aromatic N) is 2. The summed E-state index contributed by atoms with van der Waals surface area (Å²) in [6, 6.07) is 0.345. The van der Waals surface area contributed by atoms with E-state index in [0.717, 1.165) is 26.1 Å². The largest absolute Gasteiger partial charge is 0.385 e. The minimum atomic E-state index is 0.0525. The minimum absolute atomic E-state index is 0.0525. The number of methoxy groups -OCH3 is 1. The number of ether oxygens (including phenoxy) is 1. The molecule has 0 unspecified atom stereocenters. The van der Waals surface area contributed by atoms with Crippen LogP contribution in [0.2, 0.25) is 0 Å². The van der Waals surface area contributed by atoms with Gasteiger partial charge in [-0.25, -0.2) is 4.79 Å². The van der Waals surface area contributed by atoms with E-state index in [-0.39, 0.29) is 6.03 Å². The molecule has 1 rings (SSSR count). The lowest BCUT2D eigenvalue weighted by Crippen LogP contribution is -2.55. The standard InChI is InChI=1S/C11H23N3O2/c1-10-9-13(2)6-7-14(10)11(15)12-5-4-8-16-3/h10H,4-9H2,1-3H3,(H,12,15)/t10-/m1/s1. The van der Waals surface area contributed by atoms with Crippen molar-refractivity contribution < 1.29 is 9.53 Å². The van der Waals surface area contributed by atoms with Crippen LogP contribution < -0.4 is 5.32 Å². The van der Waals surface area contributed by atoms with E-state index in [1.165, 1.54) is 0 Å². The smallest absolute Gasteiger partial charge is 0.317 e. The van der Waals surface area contributed by atoms with Crippen LogP contribution in [0.25, 0.3) is 0 Å². The van der Waals surface area contributed by atoms with Gasteiger partial charge in [0, 0.05) is 45.9 Å². The zero-order valence-corrected chi connectivity index (χ0v) is 10.5. The summed E-state index contributed by atoms with van der Waals surface area (Å²) in [5, 5.41) is 2.92. The zero-order chi connectivity index (χ0) is 12.0. The van der Waals surface area contributed by atoms with Crippen molar-refractivity contribution in [2.24, 2.45) is 0 Å². The number of piperazine rings is 1. The lowest BCUT2D eigenvalue weighted by molar-refractivity contribution is 0.116. The van der Waals surface area contributed by atoms with Gasteiger partial charge in [0.25, 0.3) is 0 Å². The summed E-state index contributed by atoms with van der Waals surface area (Å²) in [5.41, 5.74) is 0. The van der Waals surface area contributed by atoms with Crippen molar-refractivity contribution in [3.05, 3.63) is 0 Å². The lowest BCUT2D eigenvalue weighted by atomic mass is 10.2. The number of likely N-dealkylation sites (N-methyl/N-ethyl adjacent to an activating group) is 1. The molecule has 1 aliphatic heterocycles. The summed E-state index contributed by atoms with van der Waals surface area (Å²) >= 11 is 0. The second-order valence-electron chi connectivity index (χ2n) is 4.38. The first-order chi connectivity index (χ1) is 7.65. The number of hydrogen-bond donors (Lipinski definition) is 1. The van der Waals surface area contributed by atoms with Crippen LogP contribution >= 0.6 is 0 Å². The van der Waals surface area contributed by atoms with Crippen molar-refractivity contribution in [2.45, 2.75) is 19.4 Å². The second-order valence-corrected chi connectivity index (χ2v) is 4.38. The maximum Gasteiger partial charge on any atom is 0.317 e. The molecular weight excluding hydrogens is 206 g/mol. The van der Waals surface area contributed by atoms with Gasteiger partial charge < -0.3 is 19.9 Å². The van der Waals surface area contributed by atoms with Gasteiger partial charge in [-0.15, -0.1) is 0 Å². The third-order valence-electron chi connectivity index (χ3n) is 2.89. The second kappa shape index (κ2) is 6.70. The lowest BCUT2D eigenvalue weighted by Gasteiger charge is -2.38. The van der Waals surface area contributed by atoms with Crippen molar-refractivity contribution in [1.82, 2.24) is 15.1 Å². The SMILES string of the molecule is COCCCNC(=O)N1CCN(C)C[C@H]1C. The van der Waals surface area contributed by atoms with Crippen molar-refractivity contribution in [1.29, 1.82) is 0 Å². The molecule has 0 aromatic rings. The molecule has 0 aromatic carbocycles. The normalized spacial score (nSPS) is 22.2. The summed E-state index contributed by atoms with van der Waals surface area (Å²) in [4.78, 5) is 16.0. The summed E-state index contributed by atoms with van der Waals surface area (Å²) in [6.45, 7) is 6.18. The fourth-order valence-corrected chi connectivity index (χ4v) is 1.95. The number of carbonyl (C=O) groups excluding carboxylic acids is 1. The average Bonchev–Trinajstić information content (AvgIpc) is 2.24. The molecule has 1 N–H and O–H groups in total. The van der Waals surface area contributed by atoms with Gasteiger partial charge in [0.2, 0.25) is 0 Å². The zero-order valence-electron chi connectivity index (χ0n) is 10.5. The van der Waals surface area contributed by atoms with E-state index >= 15 is 0 Å². The maximum absolute atomic E-state index is 11.8. The fourth-order valence-electron chi connectivity index (χ4n) is 1.95. The predicted octanol–water partition coefficient (Wildman–Crippen LogP) is 0.368. The molecule has 5 nitrogen and oxygen atoms in total. The third-order valence-corrected chi connectivity index (χ3v) is 2.89. The first kappa shape index (κ1) is 13.3. The van der Waals surface area contributed by atoms with Gasteiger partial charge in [0.15, 0.2) is 0 Å². The Labute approximate surface area is 97.7 Å². The first-order valence-electron chi connectivity index (χ1n) is 5.87. The van der Waals surface area contributed by atoms with Crippen LogP contribution in [-0.2, 0) is 4.74 Å². The molecule has 1 heterocycles. The molecule has 1 saturated heterocycles. The van der Waals surface area contributed by atoms with Crippen molar-refractivity contribution in [3.8, 4) is 0 Å². The van der Waals surface area contributed by atoms with E-state index in [1.54, 1.807) is 7.11 Å². The molecule has 0 spiro atoms. The van der Waals surface area contributed by atoms with Gasteiger partial charge in [0.1, 0.15) is 0 Å². The quantitative estimate of drug-likeness (QED) is 0.708. The Morgan fingerprint density at radius 3 is 2.88 bits per heavy atom. The van der Waals surface area contributed by atoms with Gasteiger partial charge in [-0.05, 0) is 20.4 Å². The monoisotopic (exact) mass is 229 g/mol. The Hall–Kier alpha value is -0.810. The van der Waals surface area contributed by atoms with Gasteiger partial charge in [-0.2, -0.15) is 0 Å². The van der Waals surface area contributed by atoms with E-state index in [0.29, 0.717) is 19.2 Å². The molecule has 94 valence electrons. The molecule has 0 aliphatic carbocycles. The molecule has 1 atom stereocenters. The van der Waals surface area contributed by atoms with Gasteiger partial charge in [-0.3, -0.25) is 0 Å². The van der Waals surface area contributed by atoms with Gasteiger partial charge in [-0.1, -0.05) is 0 Å². The number of amides is 2. The molecular formula is C11H23N3O2. The Kier molecular flexibility index (Phi) is 5.55. The summed E-state index contributed by atoms with van der Waals surface area (Å²) in [5.74, 6) is 0. The molecule has 2 amide bonds. The summed E-state index contributed by atoms with van der Waals surface area (Å²) in [6.07, 6.45) is 0.865. The van der Waals surface area contributed by atoms with Crippen LogP contribution in [0, 0.1) is 0 Å². The third kappa shape index (κ3) is 3.98. The fraction of sp³-hybridized carbons (Fsp3) is 0.909. The topological polar surface area (TPSA) is 44.8 Å². The molecule has 1 aliphatic rings. The van der Waals surface area contributed by atoms with E-state index in [2.05, 4.69) is 24.2 Å². The Morgan fingerprint density at radius 1 is 1.50 bits per heavy atom. The van der Waals surface area contributed by atoms with E-state index in [9.17, 15) is 4.79 Å². The van der Waals surface area contributed by atoms with E-state index in [4.69, 9.17) is 4.74 Å². The highest BCUT2D eigenvalue weighted by Crippen LogP contribution is 2.07. The Bertz CT molecular complexity index is 223. The average molecular weight is 229 g/mol. The first-order valence-corrected chi connectivity index (χ1v) is 5.87. The molecule has 5 heteroatoms. The summed E-state index contributed by atoms with van der Waals surface area (Å²) < 4.78 is 4.93. The van der Waals surface area contributed by atoms with Crippen LogP contribution in [0.4, 0.5) is 4.79 Å². The van der Waals surface area contributed by atoms with Crippen molar-refractivity contribution in [3.63, 3.8) is 0 Å².